The van der Waals surface area contributed by atoms with Crippen molar-refractivity contribution in [3.63, 3.8) is 0 Å². The Morgan fingerprint density at radius 1 is 0.366 bits per heavy atom. The van der Waals surface area contributed by atoms with Crippen LogP contribution in [0.3, 0.4) is 0 Å². The number of hydrogen-bond acceptors (Lipinski definition) is 6. The van der Waals surface area contributed by atoms with E-state index in [0.29, 0.717) is 13.2 Å². The van der Waals surface area contributed by atoms with Crippen molar-refractivity contribution in [2.24, 2.45) is 0 Å². The highest BCUT2D eigenvalue weighted by molar-refractivity contribution is 4.59. The molecule has 0 fully saturated rings. The fraction of sp³-hybridized carbons (Fsp3) is 1.00. The lowest BCUT2D eigenvalue weighted by molar-refractivity contribution is -0.0129. The van der Waals surface area contributed by atoms with Crippen molar-refractivity contribution in [3.8, 4) is 0 Å². The second-order valence-electron chi connectivity index (χ2n) is 12.2. The number of rotatable bonds is 32. The SMILES string of the molecule is CCCCCCCCCCCCCCC(O)COCC(O)CCCCCCCCCCCCCC.OCC(O)CO. The Bertz CT molecular complexity index is 412. The molecule has 0 aromatic rings. The average Bonchev–Trinajstić information content (AvgIpc) is 2.98. The van der Waals surface area contributed by atoms with Crippen molar-refractivity contribution in [3.05, 3.63) is 0 Å². The van der Waals surface area contributed by atoms with Gasteiger partial charge in [-0.2, -0.15) is 0 Å². The molecule has 0 aliphatic rings. The van der Waals surface area contributed by atoms with E-state index in [2.05, 4.69) is 13.8 Å². The third-order valence-corrected chi connectivity index (χ3v) is 7.82. The van der Waals surface area contributed by atoms with E-state index in [4.69, 9.17) is 20.1 Å². The van der Waals surface area contributed by atoms with Crippen LogP contribution in [0.25, 0.3) is 0 Å². The van der Waals surface area contributed by atoms with Crippen LogP contribution in [0.15, 0.2) is 0 Å². The first-order valence-electron chi connectivity index (χ1n) is 17.8. The third-order valence-electron chi connectivity index (χ3n) is 7.82. The topological polar surface area (TPSA) is 110 Å². The molecule has 250 valence electrons. The van der Waals surface area contributed by atoms with E-state index in [1.807, 2.05) is 0 Å². The summed E-state index contributed by atoms with van der Waals surface area (Å²) >= 11 is 0. The van der Waals surface area contributed by atoms with Crippen LogP contribution in [0.1, 0.15) is 181 Å². The molecule has 0 saturated carbocycles. The maximum absolute atomic E-state index is 10.1. The molecule has 0 rings (SSSR count). The summed E-state index contributed by atoms with van der Waals surface area (Å²) < 4.78 is 5.57. The van der Waals surface area contributed by atoms with Gasteiger partial charge in [-0.3, -0.25) is 0 Å². The van der Waals surface area contributed by atoms with E-state index in [0.717, 1.165) is 25.7 Å². The van der Waals surface area contributed by atoms with Crippen LogP contribution in [0, 0.1) is 0 Å². The second-order valence-corrected chi connectivity index (χ2v) is 12.2. The van der Waals surface area contributed by atoms with Gasteiger partial charge in [0.15, 0.2) is 0 Å². The Morgan fingerprint density at radius 3 is 0.829 bits per heavy atom. The first-order chi connectivity index (χ1) is 20.0. The molecule has 41 heavy (non-hydrogen) atoms. The zero-order chi connectivity index (χ0) is 30.7. The summed E-state index contributed by atoms with van der Waals surface area (Å²) in [6.45, 7) is 4.56. The van der Waals surface area contributed by atoms with E-state index in [1.54, 1.807) is 0 Å². The van der Waals surface area contributed by atoms with Gasteiger partial charge in [-0.15, -0.1) is 0 Å². The van der Waals surface area contributed by atoms with Gasteiger partial charge in [-0.25, -0.2) is 0 Å². The molecule has 0 spiro atoms. The third kappa shape index (κ3) is 39.8. The van der Waals surface area contributed by atoms with Crippen molar-refractivity contribution in [1.29, 1.82) is 0 Å². The summed E-state index contributed by atoms with van der Waals surface area (Å²) in [5.41, 5.74) is 0. The molecule has 6 heteroatoms. The molecule has 0 heterocycles. The van der Waals surface area contributed by atoms with E-state index in [9.17, 15) is 10.2 Å². The average molecular weight is 591 g/mol. The number of ether oxygens (including phenoxy) is 1. The van der Waals surface area contributed by atoms with Gasteiger partial charge in [-0.05, 0) is 12.8 Å². The number of unbranched alkanes of at least 4 members (excludes halogenated alkanes) is 22. The summed E-state index contributed by atoms with van der Waals surface area (Å²) in [6.07, 6.45) is 32.1. The predicted octanol–water partition coefficient (Wildman–Crippen LogP) is 8.24. The molecule has 5 N–H and O–H groups in total. The molecule has 2 unspecified atom stereocenters. The number of aliphatic hydroxyl groups excluding tert-OH is 5. The van der Waals surface area contributed by atoms with Crippen molar-refractivity contribution in [2.45, 2.75) is 199 Å². The highest BCUT2D eigenvalue weighted by atomic mass is 16.5. The van der Waals surface area contributed by atoms with Gasteiger partial charge >= 0.3 is 0 Å². The minimum Gasteiger partial charge on any atom is -0.394 e. The molecule has 0 radical (unpaired) electrons. The summed E-state index contributed by atoms with van der Waals surface area (Å²) in [5, 5.41) is 44.2. The maximum atomic E-state index is 10.1. The molecule has 0 amide bonds. The molecule has 0 saturated heterocycles. The largest absolute Gasteiger partial charge is 0.394 e. The number of aliphatic hydroxyl groups is 5. The first kappa shape index (κ1) is 42.9. The maximum Gasteiger partial charge on any atom is 0.100 e. The first-order valence-corrected chi connectivity index (χ1v) is 17.8. The van der Waals surface area contributed by atoms with Crippen LogP contribution in [0.4, 0.5) is 0 Å². The highest BCUT2D eigenvalue weighted by Crippen LogP contribution is 2.15. The van der Waals surface area contributed by atoms with Gasteiger partial charge in [0.05, 0.1) is 38.6 Å². The Labute approximate surface area is 255 Å². The van der Waals surface area contributed by atoms with E-state index in [1.165, 1.54) is 141 Å². The lowest BCUT2D eigenvalue weighted by Gasteiger charge is -2.14. The Balaban J connectivity index is 0. The van der Waals surface area contributed by atoms with Gasteiger partial charge in [0.25, 0.3) is 0 Å². The summed E-state index contributed by atoms with van der Waals surface area (Å²) in [6, 6.07) is 0. The number of hydrogen-bond donors (Lipinski definition) is 5. The minimum atomic E-state index is -0.954. The van der Waals surface area contributed by atoms with Crippen LogP contribution in [0.2, 0.25) is 0 Å². The summed E-state index contributed by atoms with van der Waals surface area (Å²) in [7, 11) is 0. The van der Waals surface area contributed by atoms with E-state index in [-0.39, 0.29) is 25.4 Å². The van der Waals surface area contributed by atoms with Gasteiger partial charge in [0.1, 0.15) is 6.10 Å². The Morgan fingerprint density at radius 2 is 0.610 bits per heavy atom. The lowest BCUT2D eigenvalue weighted by Crippen LogP contribution is -2.21. The summed E-state index contributed by atoms with van der Waals surface area (Å²) in [4.78, 5) is 0. The zero-order valence-electron chi connectivity index (χ0n) is 27.6. The second kappa shape index (κ2) is 37.8. The Kier molecular flexibility index (Phi) is 39.5. The van der Waals surface area contributed by atoms with E-state index >= 15 is 0 Å². The molecule has 6 nitrogen and oxygen atoms in total. The van der Waals surface area contributed by atoms with Crippen molar-refractivity contribution < 1.29 is 30.3 Å². The molecule has 0 aliphatic carbocycles. The monoisotopic (exact) mass is 591 g/mol. The van der Waals surface area contributed by atoms with Crippen LogP contribution in [-0.4, -0.2) is 70.3 Å². The lowest BCUT2D eigenvalue weighted by atomic mass is 10.0. The van der Waals surface area contributed by atoms with E-state index < -0.39 is 6.10 Å². The molecule has 0 bridgehead atoms. The smallest absolute Gasteiger partial charge is 0.100 e. The molecule has 0 aromatic carbocycles. The molecular weight excluding hydrogens is 516 g/mol. The van der Waals surface area contributed by atoms with Crippen LogP contribution >= 0.6 is 0 Å². The molecule has 0 aliphatic heterocycles. The fourth-order valence-corrected chi connectivity index (χ4v) is 5.01. The molecule has 0 aromatic heterocycles. The van der Waals surface area contributed by atoms with Crippen molar-refractivity contribution >= 4 is 0 Å². The fourth-order valence-electron chi connectivity index (χ4n) is 5.01. The minimum absolute atomic E-state index is 0.365. The Hall–Kier alpha value is -0.240. The van der Waals surface area contributed by atoms with Crippen molar-refractivity contribution in [2.75, 3.05) is 26.4 Å². The van der Waals surface area contributed by atoms with Crippen molar-refractivity contribution in [1.82, 2.24) is 0 Å². The highest BCUT2D eigenvalue weighted by Gasteiger charge is 2.08. The quantitative estimate of drug-likeness (QED) is 0.0505. The van der Waals surface area contributed by atoms with Crippen LogP contribution < -0.4 is 0 Å². The van der Waals surface area contributed by atoms with Gasteiger partial charge in [0, 0.05) is 0 Å². The van der Waals surface area contributed by atoms with Crippen LogP contribution in [0.5, 0.6) is 0 Å². The van der Waals surface area contributed by atoms with Crippen LogP contribution in [-0.2, 0) is 4.74 Å². The zero-order valence-corrected chi connectivity index (χ0v) is 27.6. The standard InChI is InChI=1S/C32H66O3.C3H8O3/c1-3-5-7-9-11-13-15-17-19-21-23-25-27-31(33)29-35-30-32(34)28-26-24-22-20-18-16-14-12-10-8-6-4-2;4-1-3(6)2-5/h31-34H,3-30H2,1-2H3;3-6H,1-2H2. The van der Waals surface area contributed by atoms with Gasteiger partial charge < -0.3 is 30.3 Å². The molecule has 2 atom stereocenters. The molecular formula is C35H74O6. The summed E-state index contributed by atoms with van der Waals surface area (Å²) in [5.74, 6) is 0. The van der Waals surface area contributed by atoms with Gasteiger partial charge in [-0.1, -0.05) is 168 Å². The normalized spacial score (nSPS) is 12.9. The van der Waals surface area contributed by atoms with Gasteiger partial charge in [0.2, 0.25) is 0 Å². The predicted molar refractivity (Wildman–Crippen MR) is 174 cm³/mol.